The van der Waals surface area contributed by atoms with Gasteiger partial charge in [0.2, 0.25) is 0 Å². The lowest BCUT2D eigenvalue weighted by Crippen LogP contribution is -2.35. The lowest BCUT2D eigenvalue weighted by atomic mass is 9.90. The predicted octanol–water partition coefficient (Wildman–Crippen LogP) is 2.64. The third-order valence-corrected chi connectivity index (χ3v) is 4.58. The summed E-state index contributed by atoms with van der Waals surface area (Å²) in [5.74, 6) is 0.780. The van der Waals surface area contributed by atoms with Crippen LogP contribution in [-0.4, -0.2) is 25.7 Å². The number of hydrogen-bond acceptors (Lipinski definition) is 3. The first-order valence-electron chi connectivity index (χ1n) is 6.51. The summed E-state index contributed by atoms with van der Waals surface area (Å²) in [6.07, 6.45) is 3.49. The Bertz CT molecular complexity index is 427. The number of hydrogen-bond donors (Lipinski definition) is 1. The number of amides is 1. The Labute approximate surface area is 113 Å². The van der Waals surface area contributed by atoms with Crippen LogP contribution in [-0.2, 0) is 17.6 Å². The van der Waals surface area contributed by atoms with Crippen molar-refractivity contribution < 1.29 is 9.53 Å². The molecule has 0 aliphatic heterocycles. The lowest BCUT2D eigenvalue weighted by Gasteiger charge is -2.16. The van der Waals surface area contributed by atoms with Crippen LogP contribution in [0.1, 0.15) is 40.4 Å². The Morgan fingerprint density at radius 2 is 2.44 bits per heavy atom. The fourth-order valence-corrected chi connectivity index (χ4v) is 3.52. The van der Waals surface area contributed by atoms with Crippen LogP contribution in [0, 0.1) is 5.92 Å². The molecule has 1 N–H and O–H groups in total. The summed E-state index contributed by atoms with van der Waals surface area (Å²) in [6, 6.07) is 2.13. The molecule has 2 rings (SSSR count). The molecule has 1 heterocycles. The standard InChI is InChI=1S/C14H21NO2S/c1-9-4-5-12-11(6-9)7-13(18-12)14(16)15-10(2)8-17-3/h7,9-10H,4-6,8H2,1-3H3,(H,15,16). The van der Waals surface area contributed by atoms with E-state index in [9.17, 15) is 4.79 Å². The maximum atomic E-state index is 12.1. The van der Waals surface area contributed by atoms with E-state index < -0.39 is 0 Å². The van der Waals surface area contributed by atoms with Crippen molar-refractivity contribution in [2.75, 3.05) is 13.7 Å². The molecular formula is C14H21NO2S. The molecule has 1 aromatic rings. The number of fused-ring (bicyclic) bond motifs is 1. The summed E-state index contributed by atoms with van der Waals surface area (Å²) in [4.78, 5) is 14.3. The molecule has 0 bridgehead atoms. The molecule has 1 aliphatic rings. The molecule has 1 amide bonds. The van der Waals surface area contributed by atoms with E-state index in [4.69, 9.17) is 4.74 Å². The third-order valence-electron chi connectivity index (χ3n) is 3.35. The van der Waals surface area contributed by atoms with Gasteiger partial charge in [0.15, 0.2) is 0 Å². The van der Waals surface area contributed by atoms with Crippen molar-refractivity contribution in [3.8, 4) is 0 Å². The van der Waals surface area contributed by atoms with Crippen LogP contribution < -0.4 is 5.32 Å². The number of thiophene rings is 1. The van der Waals surface area contributed by atoms with E-state index in [1.807, 2.05) is 6.92 Å². The minimum Gasteiger partial charge on any atom is -0.383 e. The molecule has 3 nitrogen and oxygen atoms in total. The molecule has 1 aliphatic carbocycles. The maximum Gasteiger partial charge on any atom is 0.261 e. The molecule has 0 saturated carbocycles. The Kier molecular flexibility index (Phi) is 4.40. The Hall–Kier alpha value is -0.870. The highest BCUT2D eigenvalue weighted by Crippen LogP contribution is 2.32. The van der Waals surface area contributed by atoms with Crippen LogP contribution in [0.4, 0.5) is 0 Å². The second kappa shape index (κ2) is 5.85. The van der Waals surface area contributed by atoms with Crippen LogP contribution in [0.2, 0.25) is 0 Å². The van der Waals surface area contributed by atoms with Gasteiger partial charge in [-0.3, -0.25) is 4.79 Å². The highest BCUT2D eigenvalue weighted by molar-refractivity contribution is 7.14. The second-order valence-electron chi connectivity index (χ2n) is 5.24. The number of aryl methyl sites for hydroxylation is 1. The van der Waals surface area contributed by atoms with Crippen LogP contribution >= 0.6 is 11.3 Å². The summed E-state index contributed by atoms with van der Waals surface area (Å²) >= 11 is 1.65. The van der Waals surface area contributed by atoms with E-state index in [1.54, 1.807) is 18.4 Å². The van der Waals surface area contributed by atoms with Crippen molar-refractivity contribution in [2.24, 2.45) is 5.92 Å². The highest BCUT2D eigenvalue weighted by Gasteiger charge is 2.21. The molecule has 0 spiro atoms. The van der Waals surface area contributed by atoms with Gasteiger partial charge in [-0.15, -0.1) is 11.3 Å². The largest absolute Gasteiger partial charge is 0.383 e. The van der Waals surface area contributed by atoms with E-state index >= 15 is 0 Å². The number of rotatable bonds is 4. The van der Waals surface area contributed by atoms with Crippen LogP contribution in [0.25, 0.3) is 0 Å². The van der Waals surface area contributed by atoms with Gasteiger partial charge in [-0.25, -0.2) is 0 Å². The molecular weight excluding hydrogens is 246 g/mol. The molecule has 0 saturated heterocycles. The van der Waals surface area contributed by atoms with E-state index in [0.29, 0.717) is 6.61 Å². The third kappa shape index (κ3) is 3.12. The van der Waals surface area contributed by atoms with Crippen LogP contribution in [0.15, 0.2) is 6.07 Å². The molecule has 0 aromatic carbocycles. The first-order chi connectivity index (χ1) is 8.60. The van der Waals surface area contributed by atoms with Gasteiger partial charge in [-0.1, -0.05) is 6.92 Å². The SMILES string of the molecule is COCC(C)NC(=O)c1cc2c(s1)CCC(C)C2. The molecule has 18 heavy (non-hydrogen) atoms. The monoisotopic (exact) mass is 267 g/mol. The smallest absolute Gasteiger partial charge is 0.261 e. The lowest BCUT2D eigenvalue weighted by molar-refractivity contribution is 0.0909. The van der Waals surface area contributed by atoms with Crippen LogP contribution in [0.3, 0.4) is 0 Å². The van der Waals surface area contributed by atoms with E-state index in [2.05, 4.69) is 18.3 Å². The molecule has 4 heteroatoms. The molecule has 0 fully saturated rings. The second-order valence-corrected chi connectivity index (χ2v) is 6.37. The zero-order valence-corrected chi connectivity index (χ0v) is 12.1. The molecule has 100 valence electrons. The zero-order chi connectivity index (χ0) is 13.1. The van der Waals surface area contributed by atoms with E-state index in [0.717, 1.165) is 23.6 Å². The summed E-state index contributed by atoms with van der Waals surface area (Å²) in [5.41, 5.74) is 1.38. The average Bonchev–Trinajstić information content (AvgIpc) is 2.72. The Morgan fingerprint density at radius 3 is 3.17 bits per heavy atom. The minimum absolute atomic E-state index is 0.0339. The van der Waals surface area contributed by atoms with Crippen molar-refractivity contribution in [1.82, 2.24) is 5.32 Å². The molecule has 2 unspecified atom stereocenters. The van der Waals surface area contributed by atoms with Gasteiger partial charge in [0.05, 0.1) is 11.5 Å². The van der Waals surface area contributed by atoms with Crippen molar-refractivity contribution >= 4 is 17.2 Å². The van der Waals surface area contributed by atoms with E-state index in [1.165, 1.54) is 16.9 Å². The Morgan fingerprint density at radius 1 is 1.67 bits per heavy atom. The average molecular weight is 267 g/mol. The van der Waals surface area contributed by atoms with E-state index in [-0.39, 0.29) is 11.9 Å². The zero-order valence-electron chi connectivity index (χ0n) is 11.3. The molecule has 1 aromatic heterocycles. The number of carbonyl (C=O) groups is 1. The quantitative estimate of drug-likeness (QED) is 0.910. The summed E-state index contributed by atoms with van der Waals surface area (Å²) in [7, 11) is 1.65. The summed E-state index contributed by atoms with van der Waals surface area (Å²) in [6.45, 7) is 4.78. The van der Waals surface area contributed by atoms with Crippen molar-refractivity contribution in [2.45, 2.75) is 39.2 Å². The molecule has 0 radical (unpaired) electrons. The van der Waals surface area contributed by atoms with Gasteiger partial charge in [0.1, 0.15) is 0 Å². The van der Waals surface area contributed by atoms with Gasteiger partial charge in [-0.05, 0) is 43.7 Å². The highest BCUT2D eigenvalue weighted by atomic mass is 32.1. The van der Waals surface area contributed by atoms with Gasteiger partial charge in [0.25, 0.3) is 5.91 Å². The predicted molar refractivity (Wildman–Crippen MR) is 74.3 cm³/mol. The van der Waals surface area contributed by atoms with Crippen molar-refractivity contribution in [1.29, 1.82) is 0 Å². The van der Waals surface area contributed by atoms with Gasteiger partial charge in [0, 0.05) is 18.0 Å². The molecule has 2 atom stereocenters. The van der Waals surface area contributed by atoms with Crippen molar-refractivity contribution in [3.63, 3.8) is 0 Å². The fraction of sp³-hybridized carbons (Fsp3) is 0.643. The topological polar surface area (TPSA) is 38.3 Å². The summed E-state index contributed by atoms with van der Waals surface area (Å²) < 4.78 is 5.02. The Balaban J connectivity index is 2.03. The summed E-state index contributed by atoms with van der Waals surface area (Å²) in [5, 5.41) is 2.96. The normalized spacial score (nSPS) is 20.3. The number of ether oxygens (including phenoxy) is 1. The first-order valence-corrected chi connectivity index (χ1v) is 7.33. The number of nitrogens with one attached hydrogen (secondary N) is 1. The number of methoxy groups -OCH3 is 1. The van der Waals surface area contributed by atoms with Gasteiger partial charge in [-0.2, -0.15) is 0 Å². The maximum absolute atomic E-state index is 12.1. The fourth-order valence-electron chi connectivity index (χ4n) is 2.40. The van der Waals surface area contributed by atoms with Crippen LogP contribution in [0.5, 0.6) is 0 Å². The minimum atomic E-state index is 0.0339. The number of carbonyl (C=O) groups excluding carboxylic acids is 1. The van der Waals surface area contributed by atoms with Crippen molar-refractivity contribution in [3.05, 3.63) is 21.4 Å². The van der Waals surface area contributed by atoms with Gasteiger partial charge < -0.3 is 10.1 Å². The first kappa shape index (κ1) is 13.6. The van der Waals surface area contributed by atoms with Gasteiger partial charge >= 0.3 is 0 Å².